The van der Waals surface area contributed by atoms with Crippen molar-refractivity contribution in [1.82, 2.24) is 0 Å². The van der Waals surface area contributed by atoms with E-state index in [1.54, 1.807) is 20.8 Å². The van der Waals surface area contributed by atoms with Crippen molar-refractivity contribution in [2.24, 2.45) is 0 Å². The molecule has 0 aromatic carbocycles. The summed E-state index contributed by atoms with van der Waals surface area (Å²) in [6, 6.07) is 0. The average molecular weight is 211 g/mol. The Morgan fingerprint density at radius 2 is 2.33 bits per heavy atom. The van der Waals surface area contributed by atoms with E-state index in [0.29, 0.717) is 11.6 Å². The molecule has 0 spiro atoms. The minimum atomic E-state index is -3.04. The molecule has 0 N–H and O–H groups in total. The summed E-state index contributed by atoms with van der Waals surface area (Å²) < 4.78 is 21.8. The van der Waals surface area contributed by atoms with Crippen LogP contribution in [0.25, 0.3) is 0 Å². The summed E-state index contributed by atoms with van der Waals surface area (Å²) in [5.41, 5.74) is -0.674. The smallest absolute Gasteiger partial charge is 0.306 e. The fourth-order valence-corrected chi connectivity index (χ4v) is 3.24. The second-order valence-corrected chi connectivity index (χ2v) is 5.22. The quantitative estimate of drug-likeness (QED) is 0.657. The molecule has 1 aliphatic rings. The van der Waals surface area contributed by atoms with E-state index in [1.165, 1.54) is 5.82 Å². The first-order valence-corrected chi connectivity index (χ1v) is 5.72. The van der Waals surface area contributed by atoms with E-state index in [4.69, 9.17) is 20.6 Å². The van der Waals surface area contributed by atoms with E-state index >= 15 is 0 Å². The van der Waals surface area contributed by atoms with Gasteiger partial charge in [-0.25, -0.2) is 0 Å². The van der Waals surface area contributed by atoms with Crippen LogP contribution in [-0.2, 0) is 13.6 Å². The number of hydrogen-bond donors (Lipinski definition) is 0. The third-order valence-electron chi connectivity index (χ3n) is 1.51. The van der Waals surface area contributed by atoms with Gasteiger partial charge in [0.1, 0.15) is 5.60 Å². The van der Waals surface area contributed by atoms with Crippen LogP contribution < -0.4 is 0 Å². The van der Waals surface area contributed by atoms with Crippen molar-refractivity contribution in [3.05, 3.63) is 10.8 Å². The zero-order valence-electron chi connectivity index (χ0n) is 7.33. The Morgan fingerprint density at radius 1 is 1.75 bits per heavy atom. The molecule has 1 unspecified atom stereocenters. The first-order valence-electron chi connectivity index (χ1n) is 3.73. The number of hydrogen-bond acceptors (Lipinski definition) is 3. The summed E-state index contributed by atoms with van der Waals surface area (Å²) in [4.78, 5) is 0. The first-order chi connectivity index (χ1) is 5.40. The molecule has 0 aliphatic carbocycles. The van der Waals surface area contributed by atoms with Gasteiger partial charge in [0.2, 0.25) is 0 Å². The fourth-order valence-electron chi connectivity index (χ4n) is 0.926. The monoisotopic (exact) mass is 210 g/mol. The maximum atomic E-state index is 11.6. The van der Waals surface area contributed by atoms with Crippen molar-refractivity contribution >= 4 is 19.2 Å². The molecule has 0 bridgehead atoms. The molecule has 5 heteroatoms. The van der Waals surface area contributed by atoms with Gasteiger partial charge in [0.05, 0.1) is 11.6 Å². The van der Waals surface area contributed by atoms with Gasteiger partial charge in [-0.1, -0.05) is 11.6 Å². The van der Waals surface area contributed by atoms with E-state index < -0.39 is 13.2 Å². The van der Waals surface area contributed by atoms with Gasteiger partial charge in [0, 0.05) is 5.82 Å². The summed E-state index contributed by atoms with van der Waals surface area (Å²) in [5, 5.41) is 0.444. The van der Waals surface area contributed by atoms with E-state index in [0.717, 1.165) is 0 Å². The summed E-state index contributed by atoms with van der Waals surface area (Å²) in [7, 11) is -3.04. The Bertz CT molecular complexity index is 259. The van der Waals surface area contributed by atoms with Crippen LogP contribution in [0, 0.1) is 0 Å². The van der Waals surface area contributed by atoms with Crippen molar-refractivity contribution in [1.29, 1.82) is 0 Å². The van der Waals surface area contributed by atoms with Gasteiger partial charge in [-0.05, 0) is 20.8 Å². The third-order valence-corrected chi connectivity index (χ3v) is 4.13. The highest BCUT2D eigenvalue weighted by Gasteiger charge is 2.41. The highest BCUT2D eigenvalue weighted by molar-refractivity contribution is 7.57. The second kappa shape index (κ2) is 3.15. The first kappa shape index (κ1) is 10.3. The molecule has 0 aromatic rings. The lowest BCUT2D eigenvalue weighted by Gasteiger charge is -2.19. The minimum Gasteiger partial charge on any atom is -0.306 e. The highest BCUT2D eigenvalue weighted by atomic mass is 35.5. The van der Waals surface area contributed by atoms with Gasteiger partial charge in [0.25, 0.3) is 0 Å². The molecule has 0 radical (unpaired) electrons. The molecule has 1 rings (SSSR count). The Hall–Kier alpha value is 0.180. The maximum absolute atomic E-state index is 11.6. The van der Waals surface area contributed by atoms with Crippen LogP contribution in [-0.4, -0.2) is 12.2 Å². The van der Waals surface area contributed by atoms with E-state index in [-0.39, 0.29) is 0 Å². The van der Waals surface area contributed by atoms with Crippen LogP contribution >= 0.6 is 19.2 Å². The van der Waals surface area contributed by atoms with Gasteiger partial charge in [-0.2, -0.15) is 0 Å². The molecule has 12 heavy (non-hydrogen) atoms. The number of halogens is 1. The molecule has 1 aliphatic heterocycles. The van der Waals surface area contributed by atoms with Gasteiger partial charge in [0.15, 0.2) is 0 Å². The maximum Gasteiger partial charge on any atom is 0.356 e. The highest BCUT2D eigenvalue weighted by Crippen LogP contribution is 2.61. The van der Waals surface area contributed by atoms with E-state index in [1.807, 2.05) is 0 Å². The van der Waals surface area contributed by atoms with Crippen LogP contribution in [0.1, 0.15) is 20.8 Å². The molecular weight excluding hydrogens is 199 g/mol. The summed E-state index contributed by atoms with van der Waals surface area (Å²) in [5.74, 6) is 1.37. The molecular formula is C7H12ClO3P. The number of rotatable bonds is 2. The largest absolute Gasteiger partial charge is 0.356 e. The van der Waals surface area contributed by atoms with Gasteiger partial charge >= 0.3 is 7.60 Å². The molecule has 0 saturated carbocycles. The van der Waals surface area contributed by atoms with Crippen molar-refractivity contribution in [2.75, 3.05) is 6.61 Å². The fraction of sp³-hybridized carbons (Fsp3) is 0.714. The minimum absolute atomic E-state index is 0.355. The van der Waals surface area contributed by atoms with Crippen LogP contribution in [0.15, 0.2) is 10.8 Å². The lowest BCUT2D eigenvalue weighted by Crippen LogP contribution is -2.18. The topological polar surface area (TPSA) is 35.5 Å². The van der Waals surface area contributed by atoms with Crippen molar-refractivity contribution in [3.8, 4) is 0 Å². The summed E-state index contributed by atoms with van der Waals surface area (Å²) in [6.45, 7) is 5.62. The Labute approximate surface area is 77.2 Å². The molecule has 0 amide bonds. The normalized spacial score (nSPS) is 33.5. The molecule has 3 nitrogen and oxygen atoms in total. The molecule has 0 saturated heterocycles. The predicted octanol–water partition coefficient (Wildman–Crippen LogP) is 3.11. The lowest BCUT2D eigenvalue weighted by atomic mass is 10.1. The average Bonchev–Trinajstić information content (AvgIpc) is 2.02. The van der Waals surface area contributed by atoms with Crippen molar-refractivity contribution < 1.29 is 13.6 Å². The molecule has 0 fully saturated rings. The van der Waals surface area contributed by atoms with Gasteiger partial charge in [-0.3, -0.25) is 9.09 Å². The van der Waals surface area contributed by atoms with Gasteiger partial charge < -0.3 is 4.52 Å². The molecule has 70 valence electrons. The molecule has 1 heterocycles. The zero-order chi connectivity index (χ0) is 9.41. The van der Waals surface area contributed by atoms with E-state index in [2.05, 4.69) is 0 Å². The lowest BCUT2D eigenvalue weighted by molar-refractivity contribution is 0.133. The zero-order valence-corrected chi connectivity index (χ0v) is 8.98. The van der Waals surface area contributed by atoms with Crippen LogP contribution in [0.5, 0.6) is 0 Å². The van der Waals surface area contributed by atoms with E-state index in [9.17, 15) is 4.57 Å². The van der Waals surface area contributed by atoms with Crippen molar-refractivity contribution in [3.63, 3.8) is 0 Å². The molecule has 1 atom stereocenters. The SMILES string of the molecule is CCOP1(=O)C=C(Cl)C(C)(C)O1. The summed E-state index contributed by atoms with van der Waals surface area (Å²) >= 11 is 5.81. The third kappa shape index (κ3) is 1.91. The van der Waals surface area contributed by atoms with Crippen molar-refractivity contribution in [2.45, 2.75) is 26.4 Å². The Balaban J connectivity index is 2.85. The van der Waals surface area contributed by atoms with Crippen LogP contribution in [0.3, 0.4) is 0 Å². The van der Waals surface area contributed by atoms with Crippen LogP contribution in [0.2, 0.25) is 0 Å². The standard InChI is InChI=1S/C7H12ClO3P/c1-4-10-12(9)5-6(8)7(2,3)11-12/h5H,4H2,1-3H3. The Morgan fingerprint density at radius 3 is 2.67 bits per heavy atom. The second-order valence-electron chi connectivity index (χ2n) is 3.04. The van der Waals surface area contributed by atoms with Crippen LogP contribution in [0.4, 0.5) is 0 Å². The molecule has 0 aromatic heterocycles. The van der Waals surface area contributed by atoms with Gasteiger partial charge in [-0.15, -0.1) is 0 Å². The Kier molecular flexibility index (Phi) is 2.69. The summed E-state index contributed by atoms with van der Waals surface area (Å²) in [6.07, 6.45) is 0. The predicted molar refractivity (Wildman–Crippen MR) is 48.3 cm³/mol.